The van der Waals surface area contributed by atoms with Gasteiger partial charge >= 0.3 is 0 Å². The molecule has 0 spiro atoms. The Kier molecular flexibility index (Phi) is 5.70. The van der Waals surface area contributed by atoms with Crippen molar-refractivity contribution >= 4 is 5.91 Å². The number of hydrogen-bond donors (Lipinski definition) is 1. The first kappa shape index (κ1) is 17.0. The quantitative estimate of drug-likeness (QED) is 0.821. The number of nitrogens with zero attached hydrogens (tertiary/aromatic N) is 4. The van der Waals surface area contributed by atoms with E-state index in [4.69, 9.17) is 10.5 Å². The number of para-hydroxylation sites is 1. The highest BCUT2D eigenvalue weighted by Crippen LogP contribution is 2.20. The van der Waals surface area contributed by atoms with Crippen LogP contribution in [0.25, 0.3) is 0 Å². The standard InChI is InChI=1S/C16H23N5O2/c1-12(10-13-6-4-5-7-15(13)23-3)20(2)16(22)14-11-21(9-8-17)19-18-14/h4-7,11-12H,8-10,17H2,1-3H3/t12-/m1/s1. The molecule has 0 fully saturated rings. The number of nitrogens with two attached hydrogens (primary N) is 1. The molecular weight excluding hydrogens is 294 g/mol. The monoisotopic (exact) mass is 317 g/mol. The molecule has 0 saturated heterocycles. The fourth-order valence-corrected chi connectivity index (χ4v) is 2.35. The molecule has 0 unspecified atom stereocenters. The zero-order chi connectivity index (χ0) is 16.8. The Morgan fingerprint density at radius 3 is 2.87 bits per heavy atom. The molecular formula is C16H23N5O2. The van der Waals surface area contributed by atoms with Gasteiger partial charge in [0.25, 0.3) is 5.91 Å². The number of hydrogen-bond acceptors (Lipinski definition) is 5. The molecule has 1 atom stereocenters. The second kappa shape index (κ2) is 7.73. The van der Waals surface area contributed by atoms with Crippen LogP contribution >= 0.6 is 0 Å². The van der Waals surface area contributed by atoms with Crippen molar-refractivity contribution in [2.45, 2.75) is 25.9 Å². The van der Waals surface area contributed by atoms with E-state index >= 15 is 0 Å². The fourth-order valence-electron chi connectivity index (χ4n) is 2.35. The van der Waals surface area contributed by atoms with E-state index in [9.17, 15) is 4.79 Å². The van der Waals surface area contributed by atoms with Crippen LogP contribution in [0.1, 0.15) is 23.0 Å². The summed E-state index contributed by atoms with van der Waals surface area (Å²) in [6.07, 6.45) is 2.32. The number of methoxy groups -OCH3 is 1. The largest absolute Gasteiger partial charge is 0.496 e. The van der Waals surface area contributed by atoms with Gasteiger partial charge in [-0.2, -0.15) is 0 Å². The van der Waals surface area contributed by atoms with Gasteiger partial charge in [0.2, 0.25) is 0 Å². The van der Waals surface area contributed by atoms with Crippen LogP contribution in [0.2, 0.25) is 0 Å². The molecule has 0 aliphatic carbocycles. The molecule has 2 N–H and O–H groups in total. The van der Waals surface area contributed by atoms with E-state index in [0.717, 1.165) is 11.3 Å². The highest BCUT2D eigenvalue weighted by molar-refractivity contribution is 5.91. The van der Waals surface area contributed by atoms with Crippen molar-refractivity contribution in [1.29, 1.82) is 0 Å². The molecule has 23 heavy (non-hydrogen) atoms. The molecule has 2 rings (SSSR count). The highest BCUT2D eigenvalue weighted by atomic mass is 16.5. The van der Waals surface area contributed by atoms with Crippen LogP contribution in [0, 0.1) is 0 Å². The SMILES string of the molecule is COc1ccccc1C[C@@H](C)N(C)C(=O)c1cn(CCN)nn1. The number of aromatic nitrogens is 3. The summed E-state index contributed by atoms with van der Waals surface area (Å²) in [6.45, 7) is 2.99. The third-order valence-corrected chi connectivity index (χ3v) is 3.81. The lowest BCUT2D eigenvalue weighted by Crippen LogP contribution is -2.36. The first-order valence-electron chi connectivity index (χ1n) is 7.56. The maximum Gasteiger partial charge on any atom is 0.276 e. The molecule has 124 valence electrons. The Bertz CT molecular complexity index is 655. The van der Waals surface area contributed by atoms with Gasteiger partial charge in [0.15, 0.2) is 5.69 Å². The topological polar surface area (TPSA) is 86.3 Å². The maximum atomic E-state index is 12.5. The van der Waals surface area contributed by atoms with Gasteiger partial charge in [0.1, 0.15) is 5.75 Å². The minimum Gasteiger partial charge on any atom is -0.496 e. The highest BCUT2D eigenvalue weighted by Gasteiger charge is 2.21. The summed E-state index contributed by atoms with van der Waals surface area (Å²) in [7, 11) is 3.42. The van der Waals surface area contributed by atoms with Crippen LogP contribution in [0.4, 0.5) is 0 Å². The first-order chi connectivity index (χ1) is 11.1. The lowest BCUT2D eigenvalue weighted by atomic mass is 10.0. The molecule has 7 heteroatoms. The molecule has 7 nitrogen and oxygen atoms in total. The summed E-state index contributed by atoms with van der Waals surface area (Å²) in [6, 6.07) is 7.81. The van der Waals surface area contributed by atoms with Crippen LogP contribution in [0.5, 0.6) is 5.75 Å². The van der Waals surface area contributed by atoms with E-state index in [1.165, 1.54) is 0 Å². The van der Waals surface area contributed by atoms with Gasteiger partial charge in [0, 0.05) is 19.6 Å². The molecule has 1 aromatic carbocycles. The predicted octanol–water partition coefficient (Wildman–Crippen LogP) is 0.949. The summed E-state index contributed by atoms with van der Waals surface area (Å²) in [5.41, 5.74) is 6.86. The molecule has 0 bridgehead atoms. The van der Waals surface area contributed by atoms with Gasteiger partial charge in [-0.25, -0.2) is 0 Å². The van der Waals surface area contributed by atoms with Crippen molar-refractivity contribution in [3.05, 3.63) is 41.7 Å². The van der Waals surface area contributed by atoms with Crippen molar-refractivity contribution in [2.24, 2.45) is 5.73 Å². The van der Waals surface area contributed by atoms with Crippen LogP contribution < -0.4 is 10.5 Å². The molecule has 1 heterocycles. The van der Waals surface area contributed by atoms with Gasteiger partial charge in [-0.1, -0.05) is 23.4 Å². The molecule has 1 aromatic heterocycles. The van der Waals surface area contributed by atoms with E-state index in [2.05, 4.69) is 10.3 Å². The number of likely N-dealkylation sites (N-methyl/N-ethyl adjacent to an activating group) is 1. The summed E-state index contributed by atoms with van der Waals surface area (Å²) >= 11 is 0. The molecule has 1 amide bonds. The third-order valence-electron chi connectivity index (χ3n) is 3.81. The molecule has 0 saturated carbocycles. The Morgan fingerprint density at radius 2 is 2.17 bits per heavy atom. The maximum absolute atomic E-state index is 12.5. The number of amides is 1. The van der Waals surface area contributed by atoms with Gasteiger partial charge in [-0.3, -0.25) is 9.48 Å². The smallest absolute Gasteiger partial charge is 0.276 e. The minimum atomic E-state index is -0.157. The molecule has 0 radical (unpaired) electrons. The third kappa shape index (κ3) is 4.07. The zero-order valence-electron chi connectivity index (χ0n) is 13.8. The predicted molar refractivity (Wildman–Crippen MR) is 87.3 cm³/mol. The first-order valence-corrected chi connectivity index (χ1v) is 7.56. The average molecular weight is 317 g/mol. The fraction of sp³-hybridized carbons (Fsp3) is 0.438. The van der Waals surface area contributed by atoms with Gasteiger partial charge in [-0.05, 0) is 25.0 Å². The van der Waals surface area contributed by atoms with Crippen LogP contribution in [0.15, 0.2) is 30.5 Å². The molecule has 2 aromatic rings. The number of carbonyl (C=O) groups is 1. The summed E-state index contributed by atoms with van der Waals surface area (Å²) in [5.74, 6) is 0.671. The Labute approximate surface area is 136 Å². The van der Waals surface area contributed by atoms with Crippen molar-refractivity contribution in [3.8, 4) is 5.75 Å². The number of carbonyl (C=O) groups excluding carboxylic acids is 1. The minimum absolute atomic E-state index is 0.00143. The van der Waals surface area contributed by atoms with Crippen molar-refractivity contribution < 1.29 is 9.53 Å². The van der Waals surface area contributed by atoms with E-state index in [-0.39, 0.29) is 11.9 Å². The van der Waals surface area contributed by atoms with Crippen molar-refractivity contribution in [1.82, 2.24) is 19.9 Å². The lowest BCUT2D eigenvalue weighted by Gasteiger charge is -2.24. The van der Waals surface area contributed by atoms with Gasteiger partial charge in [-0.15, -0.1) is 5.10 Å². The second-order valence-electron chi connectivity index (χ2n) is 5.44. The van der Waals surface area contributed by atoms with E-state index in [1.54, 1.807) is 29.9 Å². The van der Waals surface area contributed by atoms with Gasteiger partial charge in [0.05, 0.1) is 19.9 Å². The van der Waals surface area contributed by atoms with E-state index in [0.29, 0.717) is 25.2 Å². The Balaban J connectivity index is 2.05. The van der Waals surface area contributed by atoms with Crippen LogP contribution in [-0.4, -0.2) is 52.5 Å². The second-order valence-corrected chi connectivity index (χ2v) is 5.44. The van der Waals surface area contributed by atoms with Crippen LogP contribution in [-0.2, 0) is 13.0 Å². The molecule has 0 aliphatic heterocycles. The summed E-state index contributed by atoms with van der Waals surface area (Å²) < 4.78 is 6.94. The summed E-state index contributed by atoms with van der Waals surface area (Å²) in [4.78, 5) is 14.2. The average Bonchev–Trinajstić information content (AvgIpc) is 3.03. The molecule has 0 aliphatic rings. The van der Waals surface area contributed by atoms with Crippen molar-refractivity contribution in [2.75, 3.05) is 20.7 Å². The summed E-state index contributed by atoms with van der Waals surface area (Å²) in [5, 5.41) is 7.82. The number of ether oxygens (including phenoxy) is 1. The lowest BCUT2D eigenvalue weighted by molar-refractivity contribution is 0.0737. The number of rotatable bonds is 7. The normalized spacial score (nSPS) is 12.0. The van der Waals surface area contributed by atoms with E-state index in [1.807, 2.05) is 31.2 Å². The van der Waals surface area contributed by atoms with Gasteiger partial charge < -0.3 is 15.4 Å². The number of benzene rings is 1. The zero-order valence-corrected chi connectivity index (χ0v) is 13.8. The Hall–Kier alpha value is -2.41. The van der Waals surface area contributed by atoms with E-state index < -0.39 is 0 Å². The van der Waals surface area contributed by atoms with Crippen LogP contribution in [0.3, 0.4) is 0 Å². The Morgan fingerprint density at radius 1 is 1.43 bits per heavy atom. The van der Waals surface area contributed by atoms with Crippen molar-refractivity contribution in [3.63, 3.8) is 0 Å².